The van der Waals surface area contributed by atoms with Gasteiger partial charge in [0.15, 0.2) is 5.84 Å². The van der Waals surface area contributed by atoms with Gasteiger partial charge in [0.25, 0.3) is 0 Å². The molecule has 0 bridgehead atoms. The molecule has 4 nitrogen and oxygen atoms in total. The van der Waals surface area contributed by atoms with Crippen molar-refractivity contribution >= 4 is 11.7 Å². The number of nitrogens with one attached hydrogen (secondary N) is 1. The Hall–Kier alpha value is -7.30. The Morgan fingerprint density at radius 1 is 0.441 bits per heavy atom. The molecule has 1 unspecified atom stereocenters. The van der Waals surface area contributed by atoms with E-state index in [-0.39, 0.29) is 11.6 Å². The van der Waals surface area contributed by atoms with Crippen LogP contribution in [-0.2, 0) is 10.8 Å². The Morgan fingerprint density at radius 3 is 1.71 bits per heavy atom. The van der Waals surface area contributed by atoms with Crippen molar-refractivity contribution in [3.05, 3.63) is 250 Å². The van der Waals surface area contributed by atoms with Gasteiger partial charge >= 0.3 is 0 Å². The van der Waals surface area contributed by atoms with Gasteiger partial charge in [0.2, 0.25) is 0 Å². The summed E-state index contributed by atoms with van der Waals surface area (Å²) >= 11 is 0. The molecule has 1 atom stereocenters. The van der Waals surface area contributed by atoms with E-state index in [0.717, 1.165) is 61.8 Å². The molecule has 0 saturated carbocycles. The van der Waals surface area contributed by atoms with Crippen molar-refractivity contribution in [3.8, 4) is 33.8 Å². The summed E-state index contributed by atoms with van der Waals surface area (Å²) in [5.41, 5.74) is 14.3. The molecule has 8 aromatic rings. The summed E-state index contributed by atoms with van der Waals surface area (Å²) in [4.78, 5) is 10.5. The van der Waals surface area contributed by atoms with E-state index in [4.69, 9.17) is 14.7 Å². The molecule has 2 aliphatic heterocycles. The highest BCUT2D eigenvalue weighted by molar-refractivity contribution is 6.15. The molecule has 59 heavy (non-hydrogen) atoms. The van der Waals surface area contributed by atoms with Crippen molar-refractivity contribution in [2.75, 3.05) is 0 Å². The van der Waals surface area contributed by atoms with Crippen LogP contribution in [0.15, 0.2) is 210 Å². The highest BCUT2D eigenvalue weighted by Crippen LogP contribution is 2.61. The number of aliphatic imine (C=N–C) groups is 2. The first-order chi connectivity index (χ1) is 29.0. The Kier molecular flexibility index (Phi) is 8.09. The van der Waals surface area contributed by atoms with Crippen molar-refractivity contribution in [1.82, 2.24) is 5.32 Å². The number of para-hydroxylation sites is 1. The molecule has 4 heteroatoms. The average Bonchev–Trinajstić information content (AvgIpc) is 3.31. The van der Waals surface area contributed by atoms with Gasteiger partial charge in [-0.25, -0.2) is 9.98 Å². The zero-order chi connectivity index (χ0) is 39.6. The molecule has 8 aromatic carbocycles. The van der Waals surface area contributed by atoms with Crippen LogP contribution in [0, 0.1) is 0 Å². The van der Waals surface area contributed by atoms with Crippen LogP contribution in [0.4, 0.5) is 0 Å². The van der Waals surface area contributed by atoms with E-state index in [0.29, 0.717) is 5.84 Å². The number of hydrogen-bond donors (Lipinski definition) is 1. The molecule has 11 rings (SSSR count). The Morgan fingerprint density at radius 2 is 0.983 bits per heavy atom. The third kappa shape index (κ3) is 5.51. The fourth-order valence-corrected chi connectivity index (χ4v) is 9.72. The predicted molar refractivity (Wildman–Crippen MR) is 240 cm³/mol. The summed E-state index contributed by atoms with van der Waals surface area (Å²) in [6, 6.07) is 71.2. The topological polar surface area (TPSA) is 46.0 Å². The molecule has 0 radical (unpaired) electrons. The van der Waals surface area contributed by atoms with Crippen molar-refractivity contribution in [3.63, 3.8) is 0 Å². The summed E-state index contributed by atoms with van der Waals surface area (Å²) in [6.45, 7) is 4.70. The molecule has 1 aliphatic carbocycles. The minimum atomic E-state index is -0.549. The second-order valence-corrected chi connectivity index (χ2v) is 16.1. The minimum Gasteiger partial charge on any atom is -0.457 e. The zero-order valence-electron chi connectivity index (χ0n) is 32.9. The number of benzene rings is 8. The van der Waals surface area contributed by atoms with Crippen LogP contribution in [0.5, 0.6) is 11.5 Å². The molecule has 1 spiro atoms. The van der Waals surface area contributed by atoms with Gasteiger partial charge in [0.05, 0.1) is 5.41 Å². The number of fused-ring (bicyclic) bond motifs is 8. The minimum absolute atomic E-state index is 0.171. The van der Waals surface area contributed by atoms with Gasteiger partial charge in [0.1, 0.15) is 23.5 Å². The van der Waals surface area contributed by atoms with Crippen LogP contribution in [0.3, 0.4) is 0 Å². The Balaban J connectivity index is 1.04. The maximum Gasteiger partial charge on any atom is 0.160 e. The lowest BCUT2D eigenvalue weighted by atomic mass is 9.53. The largest absolute Gasteiger partial charge is 0.457 e. The Labute approximate surface area is 345 Å². The van der Waals surface area contributed by atoms with E-state index < -0.39 is 5.41 Å². The van der Waals surface area contributed by atoms with Crippen LogP contribution < -0.4 is 10.1 Å². The summed E-state index contributed by atoms with van der Waals surface area (Å²) in [5, 5.41) is 3.69. The number of rotatable bonds is 5. The molecule has 3 aliphatic rings. The molecule has 282 valence electrons. The molecule has 0 fully saturated rings. The molecular weight excluding hydrogens is 719 g/mol. The molecule has 0 aromatic heterocycles. The lowest BCUT2D eigenvalue weighted by molar-refractivity contribution is 0.425. The van der Waals surface area contributed by atoms with Gasteiger partial charge in [-0.05, 0) is 68.3 Å². The number of hydrogen-bond acceptors (Lipinski definition) is 4. The summed E-state index contributed by atoms with van der Waals surface area (Å²) in [5.74, 6) is 3.21. The highest BCUT2D eigenvalue weighted by atomic mass is 16.5. The van der Waals surface area contributed by atoms with E-state index in [1.807, 2.05) is 12.1 Å². The fourth-order valence-electron chi connectivity index (χ4n) is 9.72. The van der Waals surface area contributed by atoms with Crippen molar-refractivity contribution in [2.24, 2.45) is 9.98 Å². The van der Waals surface area contributed by atoms with Crippen LogP contribution in [0.2, 0.25) is 0 Å². The SMILES string of the molecule is CC1(C)c2ccccc2C2(c3ccccc3Oc3cc(-c4cccc(C5=NC(c6ccccc6-c6ccccc6)=NC(c6ccccc6)N5)c4)ccc32)c2ccccc21. The predicted octanol–water partition coefficient (Wildman–Crippen LogP) is 12.6. The first kappa shape index (κ1) is 34.9. The van der Waals surface area contributed by atoms with E-state index in [1.54, 1.807) is 0 Å². The maximum atomic E-state index is 6.92. The van der Waals surface area contributed by atoms with E-state index in [9.17, 15) is 0 Å². The lowest BCUT2D eigenvalue weighted by Crippen LogP contribution is -2.43. The summed E-state index contributed by atoms with van der Waals surface area (Å²) in [6.07, 6.45) is -0.314. The average molecular weight is 760 g/mol. The summed E-state index contributed by atoms with van der Waals surface area (Å²) < 4.78 is 6.92. The number of amidine groups is 2. The second-order valence-electron chi connectivity index (χ2n) is 16.1. The monoisotopic (exact) mass is 759 g/mol. The van der Waals surface area contributed by atoms with Gasteiger partial charge in [-0.2, -0.15) is 0 Å². The molecule has 0 saturated heterocycles. The Bertz CT molecular complexity index is 2930. The number of ether oxygens (including phenoxy) is 1. The first-order valence-corrected chi connectivity index (χ1v) is 20.4. The van der Waals surface area contributed by atoms with Gasteiger partial charge in [-0.1, -0.05) is 196 Å². The van der Waals surface area contributed by atoms with Gasteiger partial charge in [0, 0.05) is 27.7 Å². The molecule has 2 heterocycles. The normalized spacial score (nSPS) is 16.5. The first-order valence-electron chi connectivity index (χ1n) is 20.4. The van der Waals surface area contributed by atoms with E-state index in [1.165, 1.54) is 27.8 Å². The molecule has 1 N–H and O–H groups in total. The fraction of sp³-hybridized carbons (Fsp3) is 0.0909. The highest BCUT2D eigenvalue weighted by Gasteiger charge is 2.52. The van der Waals surface area contributed by atoms with Crippen molar-refractivity contribution < 1.29 is 4.74 Å². The quantitative estimate of drug-likeness (QED) is 0.190. The number of nitrogens with zero attached hydrogens (tertiary/aromatic N) is 2. The maximum absolute atomic E-state index is 6.92. The third-order valence-electron chi connectivity index (χ3n) is 12.5. The van der Waals surface area contributed by atoms with Gasteiger partial charge in [-0.3, -0.25) is 0 Å². The van der Waals surface area contributed by atoms with E-state index >= 15 is 0 Å². The van der Waals surface area contributed by atoms with Crippen LogP contribution >= 0.6 is 0 Å². The van der Waals surface area contributed by atoms with Gasteiger partial charge < -0.3 is 10.1 Å². The molecular formula is C55H41N3O. The standard InChI is InChI=1S/C55H41N3O/c1-54(2)43-26-11-13-28-45(43)55(46-29-14-12-27-44(46)54)47-30-15-16-31-49(47)59-50-35-39(32-33-48(50)55)38-22-17-23-40(34-38)52-56-51(37-20-7-4-8-21-37)57-53(58-52)42-25-10-9-24-41(42)36-18-5-3-6-19-36/h3-35,51H,1-2H3,(H,56,57,58). The third-order valence-corrected chi connectivity index (χ3v) is 12.5. The van der Waals surface area contributed by atoms with E-state index in [2.05, 4.69) is 207 Å². The molecule has 0 amide bonds. The summed E-state index contributed by atoms with van der Waals surface area (Å²) in [7, 11) is 0. The van der Waals surface area contributed by atoms with Crippen LogP contribution in [-0.4, -0.2) is 11.7 Å². The van der Waals surface area contributed by atoms with Crippen LogP contribution in [0.1, 0.15) is 70.1 Å². The van der Waals surface area contributed by atoms with Crippen LogP contribution in [0.25, 0.3) is 22.3 Å². The van der Waals surface area contributed by atoms with Crippen molar-refractivity contribution in [2.45, 2.75) is 30.8 Å². The van der Waals surface area contributed by atoms with Gasteiger partial charge in [-0.15, -0.1) is 0 Å². The zero-order valence-corrected chi connectivity index (χ0v) is 32.9. The second kappa shape index (κ2) is 13.7. The van der Waals surface area contributed by atoms with Crippen molar-refractivity contribution in [1.29, 1.82) is 0 Å². The lowest BCUT2D eigenvalue weighted by Gasteiger charge is -2.50. The smallest absolute Gasteiger partial charge is 0.160 e.